The Kier molecular flexibility index (Phi) is 4.27. The van der Waals surface area contributed by atoms with Gasteiger partial charge in [-0.15, -0.1) is 0 Å². The van der Waals surface area contributed by atoms with E-state index in [1.807, 2.05) is 18.2 Å². The van der Waals surface area contributed by atoms with Gasteiger partial charge in [-0.2, -0.15) is 5.10 Å². The second-order valence-corrected chi connectivity index (χ2v) is 6.09. The predicted molar refractivity (Wildman–Crippen MR) is 94.5 cm³/mol. The second kappa shape index (κ2) is 6.87. The number of carbonyl (C=O) groups is 2. The first-order chi connectivity index (χ1) is 12.7. The number of H-pyrrole nitrogens is 1. The highest BCUT2D eigenvalue weighted by Gasteiger charge is 2.26. The van der Waals surface area contributed by atoms with Gasteiger partial charge in [-0.1, -0.05) is 18.2 Å². The molecular weight excluding hydrogens is 332 g/mol. The molecule has 7 heteroatoms. The number of benzene rings is 1. The normalized spacial score (nSPS) is 14.5. The largest absolute Gasteiger partial charge is 0.463 e. The van der Waals surface area contributed by atoms with Crippen molar-refractivity contribution in [3.05, 3.63) is 66.1 Å². The Morgan fingerprint density at radius 1 is 0.923 bits per heavy atom. The number of rotatable bonds is 3. The quantitative estimate of drug-likeness (QED) is 0.785. The first kappa shape index (κ1) is 16.1. The maximum atomic E-state index is 12.6. The molecule has 3 heterocycles. The third-order valence-electron chi connectivity index (χ3n) is 4.46. The number of nitrogens with one attached hydrogen (secondary N) is 1. The summed E-state index contributed by atoms with van der Waals surface area (Å²) in [6, 6.07) is 14.5. The van der Waals surface area contributed by atoms with Crippen LogP contribution in [0.3, 0.4) is 0 Å². The molecule has 0 bridgehead atoms. The Morgan fingerprint density at radius 3 is 2.27 bits per heavy atom. The number of amides is 2. The molecule has 1 aromatic carbocycles. The van der Waals surface area contributed by atoms with E-state index < -0.39 is 0 Å². The van der Waals surface area contributed by atoms with Crippen molar-refractivity contribution in [3.8, 4) is 11.5 Å². The van der Waals surface area contributed by atoms with E-state index >= 15 is 0 Å². The third-order valence-corrected chi connectivity index (χ3v) is 4.46. The molecule has 132 valence electrons. The molecule has 1 aliphatic heterocycles. The minimum absolute atomic E-state index is 0.00225. The van der Waals surface area contributed by atoms with E-state index in [1.54, 1.807) is 46.4 Å². The highest BCUT2D eigenvalue weighted by molar-refractivity contribution is 5.95. The summed E-state index contributed by atoms with van der Waals surface area (Å²) in [6.45, 7) is 1.99. The van der Waals surface area contributed by atoms with E-state index in [0.29, 0.717) is 48.9 Å². The van der Waals surface area contributed by atoms with Gasteiger partial charge in [0.15, 0.2) is 11.5 Å². The molecule has 0 atom stereocenters. The van der Waals surface area contributed by atoms with Gasteiger partial charge in [-0.25, -0.2) is 0 Å². The molecule has 0 spiro atoms. The summed E-state index contributed by atoms with van der Waals surface area (Å²) in [4.78, 5) is 28.6. The third kappa shape index (κ3) is 3.11. The van der Waals surface area contributed by atoms with Gasteiger partial charge >= 0.3 is 0 Å². The fraction of sp³-hybridized carbons (Fsp3) is 0.211. The van der Waals surface area contributed by atoms with E-state index in [2.05, 4.69) is 10.2 Å². The zero-order chi connectivity index (χ0) is 17.9. The SMILES string of the molecule is O=C(c1ccccc1)N1CCN(C(=O)c2cc(-c3ccco3)[nH]n2)CC1. The summed E-state index contributed by atoms with van der Waals surface area (Å²) >= 11 is 0. The van der Waals surface area contributed by atoms with Gasteiger partial charge in [0.25, 0.3) is 11.8 Å². The van der Waals surface area contributed by atoms with Crippen molar-refractivity contribution >= 4 is 11.8 Å². The molecule has 4 rings (SSSR count). The summed E-state index contributed by atoms with van der Waals surface area (Å²) in [5.74, 6) is 0.485. The number of aromatic amines is 1. The first-order valence-electron chi connectivity index (χ1n) is 8.45. The maximum absolute atomic E-state index is 12.6. The van der Waals surface area contributed by atoms with E-state index in [0.717, 1.165) is 0 Å². The van der Waals surface area contributed by atoms with Gasteiger partial charge in [-0.05, 0) is 24.3 Å². The summed E-state index contributed by atoms with van der Waals surface area (Å²) in [5.41, 5.74) is 1.68. The fourth-order valence-corrected chi connectivity index (χ4v) is 3.03. The molecule has 0 saturated carbocycles. The molecular formula is C19H18N4O3. The molecule has 1 saturated heterocycles. The molecule has 2 aromatic heterocycles. The number of carbonyl (C=O) groups excluding carboxylic acids is 2. The molecule has 0 aliphatic carbocycles. The summed E-state index contributed by atoms with van der Waals surface area (Å²) in [5, 5.41) is 6.91. The Morgan fingerprint density at radius 2 is 1.62 bits per heavy atom. The number of hydrogen-bond acceptors (Lipinski definition) is 4. The van der Waals surface area contributed by atoms with Crippen molar-refractivity contribution in [2.75, 3.05) is 26.2 Å². The molecule has 7 nitrogen and oxygen atoms in total. The molecule has 0 unspecified atom stereocenters. The van der Waals surface area contributed by atoms with Crippen molar-refractivity contribution in [3.63, 3.8) is 0 Å². The highest BCUT2D eigenvalue weighted by atomic mass is 16.3. The van der Waals surface area contributed by atoms with Gasteiger partial charge in [0.2, 0.25) is 0 Å². The lowest BCUT2D eigenvalue weighted by Gasteiger charge is -2.34. The predicted octanol–water partition coefficient (Wildman–Crippen LogP) is 2.27. The van der Waals surface area contributed by atoms with Crippen LogP contribution >= 0.6 is 0 Å². The molecule has 26 heavy (non-hydrogen) atoms. The number of hydrogen-bond donors (Lipinski definition) is 1. The van der Waals surface area contributed by atoms with Gasteiger partial charge in [0.05, 0.1) is 6.26 Å². The molecule has 1 fully saturated rings. The number of furan rings is 1. The monoisotopic (exact) mass is 350 g/mol. The van der Waals surface area contributed by atoms with Crippen molar-refractivity contribution in [1.82, 2.24) is 20.0 Å². The van der Waals surface area contributed by atoms with Crippen LogP contribution < -0.4 is 0 Å². The van der Waals surface area contributed by atoms with Crippen LogP contribution in [0.1, 0.15) is 20.8 Å². The van der Waals surface area contributed by atoms with Crippen molar-refractivity contribution in [1.29, 1.82) is 0 Å². The maximum Gasteiger partial charge on any atom is 0.274 e. The fourth-order valence-electron chi connectivity index (χ4n) is 3.03. The van der Waals surface area contributed by atoms with Gasteiger partial charge in [-0.3, -0.25) is 14.7 Å². The Hall–Kier alpha value is -3.35. The summed E-state index contributed by atoms with van der Waals surface area (Å²) < 4.78 is 5.30. The summed E-state index contributed by atoms with van der Waals surface area (Å²) in [7, 11) is 0. The van der Waals surface area contributed by atoms with Crippen LogP contribution in [0.4, 0.5) is 0 Å². The number of aromatic nitrogens is 2. The second-order valence-electron chi connectivity index (χ2n) is 6.09. The Labute approximate surface area is 150 Å². The van der Waals surface area contributed by atoms with Crippen LogP contribution in [0.15, 0.2) is 59.2 Å². The first-order valence-corrected chi connectivity index (χ1v) is 8.45. The zero-order valence-corrected chi connectivity index (χ0v) is 14.1. The van der Waals surface area contributed by atoms with Crippen LogP contribution in [-0.2, 0) is 0 Å². The Bertz CT molecular complexity index is 894. The van der Waals surface area contributed by atoms with Crippen LogP contribution in [0, 0.1) is 0 Å². The van der Waals surface area contributed by atoms with Gasteiger partial charge < -0.3 is 14.2 Å². The minimum atomic E-state index is -0.147. The van der Waals surface area contributed by atoms with Gasteiger partial charge in [0, 0.05) is 37.8 Å². The minimum Gasteiger partial charge on any atom is -0.463 e. The highest BCUT2D eigenvalue weighted by Crippen LogP contribution is 2.19. The molecule has 2 amide bonds. The van der Waals surface area contributed by atoms with Crippen LogP contribution in [0.2, 0.25) is 0 Å². The van der Waals surface area contributed by atoms with Crippen LogP contribution in [-0.4, -0.2) is 58.0 Å². The number of nitrogens with zero attached hydrogens (tertiary/aromatic N) is 3. The van der Waals surface area contributed by atoms with Crippen molar-refractivity contribution in [2.45, 2.75) is 0 Å². The lowest BCUT2D eigenvalue weighted by atomic mass is 10.2. The molecule has 1 aliphatic rings. The van der Waals surface area contributed by atoms with E-state index in [9.17, 15) is 9.59 Å². The molecule has 3 aromatic rings. The van der Waals surface area contributed by atoms with Crippen LogP contribution in [0.25, 0.3) is 11.5 Å². The van der Waals surface area contributed by atoms with E-state index in [-0.39, 0.29) is 11.8 Å². The van der Waals surface area contributed by atoms with E-state index in [1.165, 1.54) is 0 Å². The lowest BCUT2D eigenvalue weighted by molar-refractivity contribution is 0.0532. The zero-order valence-electron chi connectivity index (χ0n) is 14.1. The topological polar surface area (TPSA) is 82.4 Å². The average molecular weight is 350 g/mol. The van der Waals surface area contributed by atoms with Crippen molar-refractivity contribution in [2.24, 2.45) is 0 Å². The lowest BCUT2D eigenvalue weighted by Crippen LogP contribution is -2.50. The average Bonchev–Trinajstić information content (AvgIpc) is 3.39. The molecule has 1 N–H and O–H groups in total. The van der Waals surface area contributed by atoms with Gasteiger partial charge in [0.1, 0.15) is 5.69 Å². The number of piperazine rings is 1. The Balaban J connectivity index is 1.39. The van der Waals surface area contributed by atoms with E-state index in [4.69, 9.17) is 4.42 Å². The van der Waals surface area contributed by atoms with Crippen molar-refractivity contribution < 1.29 is 14.0 Å². The molecule has 0 radical (unpaired) electrons. The standard InChI is InChI=1S/C19H18N4O3/c24-18(14-5-2-1-3-6-14)22-8-10-23(11-9-22)19(25)16-13-15(20-21-16)17-7-4-12-26-17/h1-7,12-13H,8-11H2,(H,20,21). The van der Waals surface area contributed by atoms with Crippen LogP contribution in [0.5, 0.6) is 0 Å². The smallest absolute Gasteiger partial charge is 0.274 e. The summed E-state index contributed by atoms with van der Waals surface area (Å²) in [6.07, 6.45) is 1.57.